The Morgan fingerprint density at radius 2 is 2.00 bits per heavy atom. The van der Waals surface area contributed by atoms with Crippen molar-refractivity contribution in [2.75, 3.05) is 11.4 Å². The lowest BCUT2D eigenvalue weighted by Crippen LogP contribution is -2.28. The summed E-state index contributed by atoms with van der Waals surface area (Å²) in [7, 11) is -2.82. The molecule has 2 N–H and O–H groups in total. The lowest BCUT2D eigenvalue weighted by atomic mass is 10.2. The van der Waals surface area contributed by atoms with E-state index >= 15 is 0 Å². The number of sulfonamides is 1. The van der Waals surface area contributed by atoms with Gasteiger partial charge in [-0.25, -0.2) is 13.4 Å². The second kappa shape index (κ2) is 6.08. The van der Waals surface area contributed by atoms with Crippen molar-refractivity contribution >= 4 is 21.5 Å². The predicted octanol–water partition coefficient (Wildman–Crippen LogP) is 1.27. The fourth-order valence-electron chi connectivity index (χ4n) is 1.86. The van der Waals surface area contributed by atoms with Crippen LogP contribution in [-0.2, 0) is 16.6 Å². The van der Waals surface area contributed by atoms with E-state index in [1.54, 1.807) is 6.07 Å². The smallest absolute Gasteiger partial charge is 0.289 e. The summed E-state index contributed by atoms with van der Waals surface area (Å²) in [6.07, 6.45) is 1.43. The zero-order valence-corrected chi connectivity index (χ0v) is 12.5. The molecule has 0 aliphatic heterocycles. The van der Waals surface area contributed by atoms with Gasteiger partial charge in [0.15, 0.2) is 4.90 Å². The molecule has 0 saturated heterocycles. The number of hydrogen-bond acceptors (Lipinski definition) is 6. The van der Waals surface area contributed by atoms with Gasteiger partial charge in [-0.1, -0.05) is 12.1 Å². The number of rotatable bonds is 5. The molecule has 0 bridgehead atoms. The summed E-state index contributed by atoms with van der Waals surface area (Å²) < 4.78 is 26.1. The van der Waals surface area contributed by atoms with E-state index in [0.29, 0.717) is 5.56 Å². The highest BCUT2D eigenvalue weighted by atomic mass is 32.2. The molecule has 0 unspecified atom stereocenters. The first-order valence-corrected chi connectivity index (χ1v) is 7.69. The molecule has 0 saturated carbocycles. The topological polar surface area (TPSA) is 119 Å². The summed E-state index contributed by atoms with van der Waals surface area (Å²) in [5.74, 6) is 0.140. The third kappa shape index (κ3) is 2.90. The minimum atomic E-state index is -4.10. The molecule has 0 aliphatic rings. The van der Waals surface area contributed by atoms with Gasteiger partial charge in [0, 0.05) is 25.9 Å². The Bertz CT molecular complexity index is 807. The fourth-order valence-corrected chi connectivity index (χ4v) is 3.16. The fraction of sp³-hybridized carbons (Fsp3) is 0.154. The molecule has 2 aromatic rings. The molecular weight excluding hydrogens is 308 g/mol. The van der Waals surface area contributed by atoms with Gasteiger partial charge < -0.3 is 5.73 Å². The van der Waals surface area contributed by atoms with E-state index in [-0.39, 0.29) is 17.3 Å². The van der Waals surface area contributed by atoms with Crippen molar-refractivity contribution in [1.82, 2.24) is 4.98 Å². The maximum absolute atomic E-state index is 12.6. The maximum Gasteiger partial charge on any atom is 0.289 e. The average molecular weight is 322 g/mol. The number of para-hydroxylation sites is 1. The first-order chi connectivity index (χ1) is 10.4. The van der Waals surface area contributed by atoms with Crippen LogP contribution in [0.25, 0.3) is 0 Å². The van der Waals surface area contributed by atoms with Gasteiger partial charge in [-0.15, -0.1) is 0 Å². The van der Waals surface area contributed by atoms with E-state index in [9.17, 15) is 18.5 Å². The van der Waals surface area contributed by atoms with Crippen LogP contribution in [0.15, 0.2) is 47.5 Å². The Morgan fingerprint density at radius 3 is 2.64 bits per heavy atom. The Labute approximate surface area is 127 Å². The van der Waals surface area contributed by atoms with Crippen LogP contribution < -0.4 is 10.0 Å². The van der Waals surface area contributed by atoms with E-state index in [2.05, 4.69) is 4.98 Å². The number of nitrogens with two attached hydrogens (primary N) is 1. The van der Waals surface area contributed by atoms with Gasteiger partial charge in [0.1, 0.15) is 5.82 Å². The zero-order valence-electron chi connectivity index (χ0n) is 11.7. The van der Waals surface area contributed by atoms with E-state index in [1.807, 2.05) is 0 Å². The summed E-state index contributed by atoms with van der Waals surface area (Å²) in [4.78, 5) is 13.9. The van der Waals surface area contributed by atoms with Crippen molar-refractivity contribution in [3.05, 3.63) is 58.3 Å². The van der Waals surface area contributed by atoms with Crippen molar-refractivity contribution in [3.63, 3.8) is 0 Å². The van der Waals surface area contributed by atoms with Gasteiger partial charge in [0.25, 0.3) is 15.7 Å². The SMILES string of the molecule is CN(c1cc(CN)ccn1)S(=O)(=O)c1ccccc1[N+](=O)[O-]. The van der Waals surface area contributed by atoms with Crippen LogP contribution >= 0.6 is 0 Å². The first kappa shape index (κ1) is 15.9. The van der Waals surface area contributed by atoms with Crippen LogP contribution in [0.2, 0.25) is 0 Å². The molecule has 1 heterocycles. The van der Waals surface area contributed by atoms with Crippen molar-refractivity contribution in [2.24, 2.45) is 5.73 Å². The standard InChI is InChI=1S/C13H14N4O4S/c1-16(13-8-10(9-14)6-7-15-13)22(20,21)12-5-3-2-4-11(12)17(18)19/h2-8H,9,14H2,1H3. The number of hydrogen-bond donors (Lipinski definition) is 1. The van der Waals surface area contributed by atoms with Crippen molar-refractivity contribution in [2.45, 2.75) is 11.4 Å². The van der Waals surface area contributed by atoms with Gasteiger partial charge in [-0.3, -0.25) is 14.4 Å². The lowest BCUT2D eigenvalue weighted by molar-refractivity contribution is -0.387. The second-order valence-corrected chi connectivity index (χ2v) is 6.36. The van der Waals surface area contributed by atoms with Crippen molar-refractivity contribution < 1.29 is 13.3 Å². The van der Waals surface area contributed by atoms with E-state index in [0.717, 1.165) is 10.4 Å². The molecule has 0 atom stereocenters. The van der Waals surface area contributed by atoms with Crippen LogP contribution in [0.1, 0.15) is 5.56 Å². The Hall–Kier alpha value is -2.52. The van der Waals surface area contributed by atoms with Crippen LogP contribution in [0.5, 0.6) is 0 Å². The molecule has 1 aromatic carbocycles. The maximum atomic E-state index is 12.6. The molecule has 0 aliphatic carbocycles. The molecule has 0 amide bonds. The largest absolute Gasteiger partial charge is 0.326 e. The predicted molar refractivity (Wildman–Crippen MR) is 80.8 cm³/mol. The monoisotopic (exact) mass is 322 g/mol. The van der Waals surface area contributed by atoms with E-state index in [1.165, 1.54) is 37.5 Å². The molecule has 116 valence electrons. The van der Waals surface area contributed by atoms with Gasteiger partial charge in [0.05, 0.1) is 4.92 Å². The Kier molecular flexibility index (Phi) is 4.38. The number of benzene rings is 1. The Morgan fingerprint density at radius 1 is 1.32 bits per heavy atom. The average Bonchev–Trinajstić information content (AvgIpc) is 2.54. The normalized spacial score (nSPS) is 11.2. The molecule has 1 aromatic heterocycles. The van der Waals surface area contributed by atoms with Gasteiger partial charge >= 0.3 is 0 Å². The van der Waals surface area contributed by atoms with Gasteiger partial charge in [-0.05, 0) is 23.8 Å². The summed E-state index contributed by atoms with van der Waals surface area (Å²) >= 11 is 0. The highest BCUT2D eigenvalue weighted by Crippen LogP contribution is 2.28. The summed E-state index contributed by atoms with van der Waals surface area (Å²) in [6, 6.07) is 8.35. The third-order valence-electron chi connectivity index (χ3n) is 3.07. The number of pyridine rings is 1. The van der Waals surface area contributed by atoms with Crippen LogP contribution in [0.3, 0.4) is 0 Å². The first-order valence-electron chi connectivity index (χ1n) is 6.25. The number of aromatic nitrogens is 1. The molecule has 22 heavy (non-hydrogen) atoms. The van der Waals surface area contributed by atoms with Crippen molar-refractivity contribution in [3.8, 4) is 0 Å². The van der Waals surface area contributed by atoms with E-state index in [4.69, 9.17) is 5.73 Å². The number of nitro benzene ring substituents is 1. The molecule has 0 spiro atoms. The number of anilines is 1. The molecule has 0 radical (unpaired) electrons. The molecule has 9 heteroatoms. The number of nitro groups is 1. The van der Waals surface area contributed by atoms with Crippen LogP contribution in [0, 0.1) is 10.1 Å². The lowest BCUT2D eigenvalue weighted by Gasteiger charge is -2.18. The Balaban J connectivity index is 2.52. The zero-order chi connectivity index (χ0) is 16.3. The molecule has 8 nitrogen and oxygen atoms in total. The van der Waals surface area contributed by atoms with E-state index < -0.39 is 20.6 Å². The van der Waals surface area contributed by atoms with Crippen LogP contribution in [-0.4, -0.2) is 25.4 Å². The summed E-state index contributed by atoms with van der Waals surface area (Å²) in [5.41, 5.74) is 5.74. The van der Waals surface area contributed by atoms with Crippen molar-refractivity contribution in [1.29, 1.82) is 0 Å². The minimum Gasteiger partial charge on any atom is -0.326 e. The molecule has 2 rings (SSSR count). The molecular formula is C13H14N4O4S. The highest BCUT2D eigenvalue weighted by Gasteiger charge is 2.30. The minimum absolute atomic E-state index is 0.140. The van der Waals surface area contributed by atoms with Crippen LogP contribution in [0.4, 0.5) is 11.5 Å². The summed E-state index contributed by atoms with van der Waals surface area (Å²) in [6.45, 7) is 0.231. The van der Waals surface area contributed by atoms with Gasteiger partial charge in [-0.2, -0.15) is 0 Å². The molecule has 0 fully saturated rings. The highest BCUT2D eigenvalue weighted by molar-refractivity contribution is 7.93. The van der Waals surface area contributed by atoms with Gasteiger partial charge in [0.2, 0.25) is 0 Å². The number of nitrogens with zero attached hydrogens (tertiary/aromatic N) is 3. The third-order valence-corrected chi connectivity index (χ3v) is 4.88. The summed E-state index contributed by atoms with van der Waals surface area (Å²) in [5, 5.41) is 11.0. The quantitative estimate of drug-likeness (QED) is 0.654. The second-order valence-electron chi connectivity index (χ2n) is 4.42.